The van der Waals surface area contributed by atoms with Crippen molar-refractivity contribution in [2.75, 3.05) is 0 Å². The van der Waals surface area contributed by atoms with Gasteiger partial charge in [0.15, 0.2) is 18.9 Å². The number of hydrogen-bond acceptors (Lipinski definition) is 1. The average molecular weight is 212 g/mol. The van der Waals surface area contributed by atoms with E-state index in [-0.39, 0.29) is 0 Å². The third-order valence-electron chi connectivity index (χ3n) is 2.14. The van der Waals surface area contributed by atoms with E-state index in [4.69, 9.17) is 4.74 Å². The molecule has 0 radical (unpaired) electrons. The Balaban J connectivity index is 1.83. The van der Waals surface area contributed by atoms with Gasteiger partial charge in [0, 0.05) is 18.2 Å². The lowest BCUT2D eigenvalue weighted by Gasteiger charge is -1.97. The molecule has 0 atom stereocenters. The van der Waals surface area contributed by atoms with Gasteiger partial charge in [-0.25, -0.2) is 4.57 Å². The Bertz CT molecular complexity index is 393. The van der Waals surface area contributed by atoms with Crippen LogP contribution in [0, 0.1) is 0 Å². The normalized spacial score (nSPS) is 10.5. The molecule has 80 valence electrons. The molecular formula is C14H14NO+. The van der Waals surface area contributed by atoms with Crippen LogP contribution in [0.2, 0.25) is 0 Å². The van der Waals surface area contributed by atoms with E-state index < -0.39 is 0 Å². The van der Waals surface area contributed by atoms with Gasteiger partial charge in [0.05, 0.1) is 6.26 Å². The van der Waals surface area contributed by atoms with Crippen molar-refractivity contribution in [2.24, 2.45) is 0 Å². The molecule has 0 aliphatic heterocycles. The third-order valence-corrected chi connectivity index (χ3v) is 2.14. The average Bonchev–Trinajstić information content (AvgIpc) is 2.37. The Morgan fingerprint density at radius 2 is 1.62 bits per heavy atom. The van der Waals surface area contributed by atoms with Gasteiger partial charge < -0.3 is 4.74 Å². The summed E-state index contributed by atoms with van der Waals surface area (Å²) in [5.41, 5.74) is 0. The second kappa shape index (κ2) is 5.71. The van der Waals surface area contributed by atoms with Gasteiger partial charge in [-0.05, 0) is 12.1 Å². The molecule has 0 spiro atoms. The number of pyridine rings is 1. The van der Waals surface area contributed by atoms with Crippen molar-refractivity contribution in [1.82, 2.24) is 0 Å². The summed E-state index contributed by atoms with van der Waals surface area (Å²) in [6.45, 7) is 0.813. The summed E-state index contributed by atoms with van der Waals surface area (Å²) in [5.74, 6) is 0.858. The van der Waals surface area contributed by atoms with Gasteiger partial charge in [-0.1, -0.05) is 24.3 Å². The molecule has 1 aromatic heterocycles. The minimum atomic E-state index is 0.813. The highest BCUT2D eigenvalue weighted by Crippen LogP contribution is 2.07. The highest BCUT2D eigenvalue weighted by Gasteiger charge is 1.92. The molecule has 2 nitrogen and oxygen atoms in total. The number of allylic oxidation sites excluding steroid dienone is 1. The van der Waals surface area contributed by atoms with Crippen LogP contribution in [0.4, 0.5) is 0 Å². The molecule has 2 aromatic rings. The Morgan fingerprint density at radius 1 is 0.938 bits per heavy atom. The van der Waals surface area contributed by atoms with E-state index in [0.717, 1.165) is 12.3 Å². The number of benzene rings is 1. The SMILES string of the molecule is C(=COc1ccccc1)C[n+]1ccccc1. The van der Waals surface area contributed by atoms with Crippen molar-refractivity contribution >= 4 is 0 Å². The zero-order valence-corrected chi connectivity index (χ0v) is 8.99. The van der Waals surface area contributed by atoms with Crippen molar-refractivity contribution in [2.45, 2.75) is 6.54 Å². The standard InChI is InChI=1S/C14H14NO/c1-3-8-14(9-4-1)16-13-7-12-15-10-5-2-6-11-15/h1-11,13H,12H2/q+1. The van der Waals surface area contributed by atoms with Gasteiger partial charge in [0.2, 0.25) is 0 Å². The molecule has 0 N–H and O–H groups in total. The molecule has 0 bridgehead atoms. The van der Waals surface area contributed by atoms with Crippen LogP contribution in [0.25, 0.3) is 0 Å². The summed E-state index contributed by atoms with van der Waals surface area (Å²) in [5, 5.41) is 0. The van der Waals surface area contributed by atoms with Gasteiger partial charge >= 0.3 is 0 Å². The van der Waals surface area contributed by atoms with E-state index in [1.807, 2.05) is 67.0 Å². The maximum atomic E-state index is 5.43. The largest absolute Gasteiger partial charge is 0.465 e. The topological polar surface area (TPSA) is 13.1 Å². The van der Waals surface area contributed by atoms with Crippen LogP contribution in [0.5, 0.6) is 5.75 Å². The van der Waals surface area contributed by atoms with E-state index in [1.165, 1.54) is 0 Å². The molecule has 2 rings (SSSR count). The van der Waals surface area contributed by atoms with E-state index in [1.54, 1.807) is 6.26 Å². The molecule has 16 heavy (non-hydrogen) atoms. The fraction of sp³-hybridized carbons (Fsp3) is 0.0714. The molecule has 0 aliphatic rings. The van der Waals surface area contributed by atoms with Crippen LogP contribution < -0.4 is 9.30 Å². The number of rotatable bonds is 4. The maximum absolute atomic E-state index is 5.43. The van der Waals surface area contributed by atoms with Gasteiger partial charge in [-0.15, -0.1) is 0 Å². The first-order chi connectivity index (χ1) is 7.95. The van der Waals surface area contributed by atoms with Crippen molar-refractivity contribution in [3.8, 4) is 5.75 Å². The molecule has 2 heteroatoms. The number of nitrogens with zero attached hydrogens (tertiary/aromatic N) is 1. The predicted octanol–water partition coefficient (Wildman–Crippen LogP) is 2.57. The molecule has 0 saturated carbocycles. The van der Waals surface area contributed by atoms with E-state index in [9.17, 15) is 0 Å². The summed E-state index contributed by atoms with van der Waals surface area (Å²) in [6, 6.07) is 15.7. The van der Waals surface area contributed by atoms with Crippen LogP contribution in [-0.2, 0) is 6.54 Å². The number of ether oxygens (including phenoxy) is 1. The van der Waals surface area contributed by atoms with Crippen molar-refractivity contribution in [1.29, 1.82) is 0 Å². The highest BCUT2D eigenvalue weighted by atomic mass is 16.5. The Kier molecular flexibility index (Phi) is 3.72. The highest BCUT2D eigenvalue weighted by molar-refractivity contribution is 5.21. The van der Waals surface area contributed by atoms with Crippen LogP contribution in [0.15, 0.2) is 73.3 Å². The Morgan fingerprint density at radius 3 is 2.38 bits per heavy atom. The zero-order valence-electron chi connectivity index (χ0n) is 8.99. The quantitative estimate of drug-likeness (QED) is 0.561. The lowest BCUT2D eigenvalue weighted by atomic mass is 10.3. The summed E-state index contributed by atoms with van der Waals surface area (Å²) >= 11 is 0. The van der Waals surface area contributed by atoms with Crippen LogP contribution >= 0.6 is 0 Å². The Hall–Kier alpha value is -2.09. The van der Waals surface area contributed by atoms with Crippen LogP contribution in [0.3, 0.4) is 0 Å². The number of para-hydroxylation sites is 1. The minimum Gasteiger partial charge on any atom is -0.465 e. The lowest BCUT2D eigenvalue weighted by Crippen LogP contribution is -2.30. The van der Waals surface area contributed by atoms with Crippen molar-refractivity contribution in [3.63, 3.8) is 0 Å². The van der Waals surface area contributed by atoms with Gasteiger partial charge in [-0.3, -0.25) is 0 Å². The lowest BCUT2D eigenvalue weighted by molar-refractivity contribution is -0.687. The molecule has 0 aliphatic carbocycles. The predicted molar refractivity (Wildman–Crippen MR) is 62.8 cm³/mol. The van der Waals surface area contributed by atoms with Gasteiger partial charge in [0.1, 0.15) is 5.75 Å². The van der Waals surface area contributed by atoms with Gasteiger partial charge in [0.25, 0.3) is 0 Å². The second-order valence-corrected chi connectivity index (χ2v) is 3.37. The second-order valence-electron chi connectivity index (χ2n) is 3.37. The fourth-order valence-electron chi connectivity index (χ4n) is 1.35. The summed E-state index contributed by atoms with van der Waals surface area (Å²) in [7, 11) is 0. The molecule has 0 amide bonds. The molecule has 1 heterocycles. The molecule has 0 saturated heterocycles. The summed E-state index contributed by atoms with van der Waals surface area (Å²) < 4.78 is 7.51. The zero-order chi connectivity index (χ0) is 11.1. The van der Waals surface area contributed by atoms with Gasteiger partial charge in [-0.2, -0.15) is 0 Å². The summed E-state index contributed by atoms with van der Waals surface area (Å²) in [6.07, 6.45) is 7.74. The summed E-state index contributed by atoms with van der Waals surface area (Å²) in [4.78, 5) is 0. The fourth-order valence-corrected chi connectivity index (χ4v) is 1.35. The first-order valence-electron chi connectivity index (χ1n) is 5.26. The first kappa shape index (κ1) is 10.4. The van der Waals surface area contributed by atoms with Crippen LogP contribution in [0.1, 0.15) is 0 Å². The van der Waals surface area contributed by atoms with Crippen molar-refractivity contribution < 1.29 is 9.30 Å². The van der Waals surface area contributed by atoms with Crippen molar-refractivity contribution in [3.05, 3.63) is 73.3 Å². The van der Waals surface area contributed by atoms with E-state index in [2.05, 4.69) is 4.57 Å². The third kappa shape index (κ3) is 3.24. The maximum Gasteiger partial charge on any atom is 0.170 e. The number of aromatic nitrogens is 1. The monoisotopic (exact) mass is 212 g/mol. The molecule has 0 unspecified atom stereocenters. The van der Waals surface area contributed by atoms with E-state index in [0.29, 0.717) is 0 Å². The smallest absolute Gasteiger partial charge is 0.170 e. The Labute approximate surface area is 95.4 Å². The minimum absolute atomic E-state index is 0.813. The molecular weight excluding hydrogens is 198 g/mol. The van der Waals surface area contributed by atoms with E-state index >= 15 is 0 Å². The molecule has 0 fully saturated rings. The number of hydrogen-bond donors (Lipinski definition) is 0. The van der Waals surface area contributed by atoms with Crippen LogP contribution in [-0.4, -0.2) is 0 Å². The first-order valence-corrected chi connectivity index (χ1v) is 5.26. The molecule has 1 aromatic carbocycles.